The van der Waals surface area contributed by atoms with Crippen molar-refractivity contribution in [2.45, 2.75) is 66.2 Å². The van der Waals surface area contributed by atoms with Gasteiger partial charge in [0.2, 0.25) is 0 Å². The Kier molecular flexibility index (Phi) is 8.66. The van der Waals surface area contributed by atoms with Crippen LogP contribution in [0.4, 0.5) is 4.79 Å². The Hall–Kier alpha value is -2.82. The number of rotatable bonds is 8. The Bertz CT molecular complexity index is 877. The molecule has 0 spiro atoms. The van der Waals surface area contributed by atoms with Gasteiger partial charge in [0.25, 0.3) is 0 Å². The SMILES string of the molecule is CCCCc1ccc(C(=O)Oc2ccc(C(C)(C)C)cc2OC(=O)N(CC)CC)cc1. The molecule has 0 aliphatic heterocycles. The van der Waals surface area contributed by atoms with E-state index in [1.165, 1.54) is 5.56 Å². The van der Waals surface area contributed by atoms with Crippen molar-refractivity contribution in [3.63, 3.8) is 0 Å². The molecular weight excluding hydrogens is 390 g/mol. The summed E-state index contributed by atoms with van der Waals surface area (Å²) < 4.78 is 11.3. The highest BCUT2D eigenvalue weighted by molar-refractivity contribution is 5.91. The number of benzene rings is 2. The van der Waals surface area contributed by atoms with Crippen LogP contribution in [-0.4, -0.2) is 30.1 Å². The minimum Gasteiger partial charge on any atom is -0.419 e. The van der Waals surface area contributed by atoms with Gasteiger partial charge >= 0.3 is 12.1 Å². The van der Waals surface area contributed by atoms with E-state index < -0.39 is 12.1 Å². The van der Waals surface area contributed by atoms with Crippen molar-refractivity contribution >= 4 is 12.1 Å². The van der Waals surface area contributed by atoms with E-state index in [0.29, 0.717) is 18.7 Å². The maximum absolute atomic E-state index is 12.7. The lowest BCUT2D eigenvalue weighted by molar-refractivity contribution is 0.0727. The number of hydrogen-bond acceptors (Lipinski definition) is 4. The van der Waals surface area contributed by atoms with Crippen LogP contribution in [0.15, 0.2) is 42.5 Å². The van der Waals surface area contributed by atoms with Crippen LogP contribution in [0.3, 0.4) is 0 Å². The Morgan fingerprint density at radius 3 is 2.06 bits per heavy atom. The van der Waals surface area contributed by atoms with Gasteiger partial charge in [0.15, 0.2) is 11.5 Å². The lowest BCUT2D eigenvalue weighted by atomic mass is 9.87. The van der Waals surface area contributed by atoms with Crippen molar-refractivity contribution in [1.82, 2.24) is 4.90 Å². The fraction of sp³-hybridized carbons (Fsp3) is 0.462. The highest BCUT2D eigenvalue weighted by atomic mass is 16.6. The Morgan fingerprint density at radius 1 is 0.871 bits per heavy atom. The van der Waals surface area contributed by atoms with E-state index in [1.54, 1.807) is 29.2 Å². The van der Waals surface area contributed by atoms with Gasteiger partial charge in [-0.3, -0.25) is 0 Å². The topological polar surface area (TPSA) is 55.8 Å². The summed E-state index contributed by atoms with van der Waals surface area (Å²) in [6, 6.07) is 12.8. The molecule has 168 valence electrons. The molecule has 0 aromatic heterocycles. The van der Waals surface area contributed by atoms with Gasteiger partial charge in [0, 0.05) is 13.1 Å². The molecule has 5 nitrogen and oxygen atoms in total. The molecule has 0 atom stereocenters. The van der Waals surface area contributed by atoms with Crippen LogP contribution in [0.1, 0.15) is 75.9 Å². The molecule has 31 heavy (non-hydrogen) atoms. The molecule has 0 N–H and O–H groups in total. The fourth-order valence-corrected chi connectivity index (χ4v) is 3.13. The molecule has 0 fully saturated rings. The smallest absolute Gasteiger partial charge is 0.415 e. The molecule has 0 radical (unpaired) electrons. The molecule has 0 unspecified atom stereocenters. The first-order valence-corrected chi connectivity index (χ1v) is 11.1. The van der Waals surface area contributed by atoms with E-state index in [9.17, 15) is 9.59 Å². The molecule has 2 aromatic carbocycles. The van der Waals surface area contributed by atoms with Crippen molar-refractivity contribution < 1.29 is 19.1 Å². The van der Waals surface area contributed by atoms with Crippen LogP contribution < -0.4 is 9.47 Å². The predicted octanol–water partition coefficient (Wildman–Crippen LogP) is 6.39. The molecule has 0 aliphatic carbocycles. The lowest BCUT2D eigenvalue weighted by Crippen LogP contribution is -2.33. The van der Waals surface area contributed by atoms with Crippen LogP contribution in [0.2, 0.25) is 0 Å². The first-order chi connectivity index (χ1) is 14.7. The number of esters is 1. The molecule has 0 bridgehead atoms. The second kappa shape index (κ2) is 11.0. The maximum atomic E-state index is 12.7. The summed E-state index contributed by atoms with van der Waals surface area (Å²) in [7, 11) is 0. The average Bonchev–Trinajstić information content (AvgIpc) is 2.73. The Labute approximate surface area is 186 Å². The molecule has 1 amide bonds. The van der Waals surface area contributed by atoms with Gasteiger partial charge in [-0.2, -0.15) is 0 Å². The molecule has 0 aliphatic rings. The number of hydrogen-bond donors (Lipinski definition) is 0. The van der Waals surface area contributed by atoms with Crippen molar-refractivity contribution in [3.05, 3.63) is 59.2 Å². The number of carbonyl (C=O) groups is 2. The van der Waals surface area contributed by atoms with Crippen LogP contribution in [0.25, 0.3) is 0 Å². The van der Waals surface area contributed by atoms with E-state index in [2.05, 4.69) is 27.7 Å². The summed E-state index contributed by atoms with van der Waals surface area (Å²) >= 11 is 0. The van der Waals surface area contributed by atoms with E-state index in [1.807, 2.05) is 32.0 Å². The molecule has 0 saturated heterocycles. The largest absolute Gasteiger partial charge is 0.419 e. The van der Waals surface area contributed by atoms with Crippen molar-refractivity contribution in [2.75, 3.05) is 13.1 Å². The van der Waals surface area contributed by atoms with Gasteiger partial charge in [0.1, 0.15) is 0 Å². The summed E-state index contributed by atoms with van der Waals surface area (Å²) in [6.45, 7) is 13.2. The average molecular weight is 426 g/mol. The second-order valence-electron chi connectivity index (χ2n) is 8.64. The monoisotopic (exact) mass is 425 g/mol. The minimum atomic E-state index is -0.481. The number of carbonyl (C=O) groups excluding carboxylic acids is 2. The van der Waals surface area contributed by atoms with E-state index >= 15 is 0 Å². The molecule has 0 saturated carbocycles. The van der Waals surface area contributed by atoms with Crippen molar-refractivity contribution in [3.8, 4) is 11.5 Å². The summed E-state index contributed by atoms with van der Waals surface area (Å²) in [5, 5.41) is 0. The molecular formula is C26H35NO4. The standard InChI is InChI=1S/C26H35NO4/c1-7-10-11-19-12-14-20(15-13-19)24(28)30-22-17-16-21(26(4,5)6)18-23(22)31-25(29)27(8-2)9-3/h12-18H,7-11H2,1-6H3. The normalized spacial score (nSPS) is 11.2. The molecule has 2 rings (SSSR count). The van der Waals surface area contributed by atoms with Gasteiger partial charge < -0.3 is 14.4 Å². The molecule has 0 heterocycles. The van der Waals surface area contributed by atoms with E-state index in [0.717, 1.165) is 24.8 Å². The van der Waals surface area contributed by atoms with Crippen LogP contribution in [0.5, 0.6) is 11.5 Å². The number of amides is 1. The third kappa shape index (κ3) is 6.84. The Morgan fingerprint density at radius 2 is 1.52 bits per heavy atom. The zero-order valence-corrected chi connectivity index (χ0v) is 19.7. The molecule has 5 heteroatoms. The summed E-state index contributed by atoms with van der Waals surface area (Å²) in [5.41, 5.74) is 2.49. The van der Waals surface area contributed by atoms with E-state index in [4.69, 9.17) is 9.47 Å². The van der Waals surface area contributed by atoms with Crippen molar-refractivity contribution in [1.29, 1.82) is 0 Å². The van der Waals surface area contributed by atoms with Gasteiger partial charge in [0.05, 0.1) is 5.56 Å². The number of ether oxygens (including phenoxy) is 2. The summed E-state index contributed by atoms with van der Waals surface area (Å²) in [4.78, 5) is 26.8. The number of nitrogens with zero attached hydrogens (tertiary/aromatic N) is 1. The quantitative estimate of drug-likeness (QED) is 0.363. The van der Waals surface area contributed by atoms with Crippen LogP contribution in [-0.2, 0) is 11.8 Å². The van der Waals surface area contributed by atoms with E-state index in [-0.39, 0.29) is 16.9 Å². The van der Waals surface area contributed by atoms with Gasteiger partial charge in [-0.25, -0.2) is 9.59 Å². The van der Waals surface area contributed by atoms with Crippen LogP contribution in [0, 0.1) is 0 Å². The van der Waals surface area contributed by atoms with Crippen LogP contribution >= 0.6 is 0 Å². The van der Waals surface area contributed by atoms with Gasteiger partial charge in [-0.1, -0.05) is 52.3 Å². The van der Waals surface area contributed by atoms with Gasteiger partial charge in [-0.15, -0.1) is 0 Å². The molecule has 2 aromatic rings. The maximum Gasteiger partial charge on any atom is 0.415 e. The summed E-state index contributed by atoms with van der Waals surface area (Å²) in [6.07, 6.45) is 2.77. The highest BCUT2D eigenvalue weighted by Gasteiger charge is 2.22. The number of aryl methyl sites for hydroxylation is 1. The van der Waals surface area contributed by atoms with Crippen molar-refractivity contribution in [2.24, 2.45) is 0 Å². The second-order valence-corrected chi connectivity index (χ2v) is 8.64. The summed E-state index contributed by atoms with van der Waals surface area (Å²) in [5.74, 6) is -0.00325. The third-order valence-corrected chi connectivity index (χ3v) is 5.24. The zero-order chi connectivity index (χ0) is 23.0. The first-order valence-electron chi connectivity index (χ1n) is 11.1. The predicted molar refractivity (Wildman–Crippen MR) is 124 cm³/mol. The highest BCUT2D eigenvalue weighted by Crippen LogP contribution is 2.34. The minimum absolute atomic E-state index is 0.146. The fourth-order valence-electron chi connectivity index (χ4n) is 3.13. The van der Waals surface area contributed by atoms with Gasteiger partial charge in [-0.05, 0) is 67.5 Å². The third-order valence-electron chi connectivity index (χ3n) is 5.24. The lowest BCUT2D eigenvalue weighted by Gasteiger charge is -2.22. The number of unbranched alkanes of at least 4 members (excludes halogenated alkanes) is 1. The zero-order valence-electron chi connectivity index (χ0n) is 19.7. The first kappa shape index (κ1) is 24.4. The Balaban J connectivity index is 2.27.